The van der Waals surface area contributed by atoms with Gasteiger partial charge in [-0.3, -0.25) is 4.79 Å². The number of thioether (sulfide) groups is 1. The van der Waals surface area contributed by atoms with Crippen LogP contribution in [0.1, 0.15) is 13.8 Å². The zero-order chi connectivity index (χ0) is 8.27. The van der Waals surface area contributed by atoms with Gasteiger partial charge in [-0.05, 0) is 5.92 Å². The van der Waals surface area contributed by atoms with Crippen molar-refractivity contribution in [2.75, 3.05) is 18.1 Å². The molecule has 0 saturated carbocycles. The molecule has 0 spiro atoms. The van der Waals surface area contributed by atoms with Crippen LogP contribution < -0.4 is 0 Å². The molecule has 0 aromatic carbocycles. The van der Waals surface area contributed by atoms with Crippen molar-refractivity contribution in [1.82, 2.24) is 4.90 Å². The van der Waals surface area contributed by atoms with Crippen LogP contribution in [0.25, 0.3) is 0 Å². The third-order valence-corrected chi connectivity index (χ3v) is 3.16. The Morgan fingerprint density at radius 1 is 1.64 bits per heavy atom. The fraction of sp³-hybridized carbons (Fsp3) is 0.875. The van der Waals surface area contributed by atoms with Gasteiger partial charge < -0.3 is 4.90 Å². The Morgan fingerprint density at radius 3 is 2.82 bits per heavy atom. The third-order valence-electron chi connectivity index (χ3n) is 2.11. The van der Waals surface area contributed by atoms with E-state index in [1.165, 1.54) is 0 Å². The van der Waals surface area contributed by atoms with Gasteiger partial charge in [-0.2, -0.15) is 11.8 Å². The van der Waals surface area contributed by atoms with Crippen LogP contribution in [0.3, 0.4) is 0 Å². The van der Waals surface area contributed by atoms with Crippen LogP contribution in [0.5, 0.6) is 0 Å². The van der Waals surface area contributed by atoms with E-state index in [2.05, 4.69) is 13.8 Å². The van der Waals surface area contributed by atoms with E-state index in [0.717, 1.165) is 24.5 Å². The van der Waals surface area contributed by atoms with E-state index in [0.29, 0.717) is 12.0 Å². The summed E-state index contributed by atoms with van der Waals surface area (Å²) in [5.74, 6) is 2.80. The number of amides is 1. The van der Waals surface area contributed by atoms with Crippen LogP contribution in [0.2, 0.25) is 0 Å². The molecule has 0 bridgehead atoms. The highest BCUT2D eigenvalue weighted by atomic mass is 32.2. The lowest BCUT2D eigenvalue weighted by atomic mass is 10.1. The van der Waals surface area contributed by atoms with Crippen molar-refractivity contribution in [3.8, 4) is 0 Å². The van der Waals surface area contributed by atoms with Crippen LogP contribution >= 0.6 is 11.8 Å². The van der Waals surface area contributed by atoms with Crippen molar-refractivity contribution in [3.63, 3.8) is 0 Å². The Balaban J connectivity index is 2.51. The number of carbonyl (C=O) groups excluding carboxylic acids is 1. The largest absolute Gasteiger partial charge is 0.340 e. The maximum atomic E-state index is 10.6. The Labute approximate surface area is 72.3 Å². The monoisotopic (exact) mass is 173 g/mol. The van der Waals surface area contributed by atoms with Gasteiger partial charge in [0.1, 0.15) is 0 Å². The molecule has 0 aliphatic carbocycles. The van der Waals surface area contributed by atoms with Crippen molar-refractivity contribution in [1.29, 1.82) is 0 Å². The highest BCUT2D eigenvalue weighted by molar-refractivity contribution is 7.99. The molecule has 1 atom stereocenters. The van der Waals surface area contributed by atoms with E-state index < -0.39 is 0 Å². The Hall–Kier alpha value is -0.180. The van der Waals surface area contributed by atoms with E-state index in [-0.39, 0.29) is 0 Å². The lowest BCUT2D eigenvalue weighted by Crippen LogP contribution is -2.44. The molecule has 0 radical (unpaired) electrons. The molecule has 1 rings (SSSR count). The molecular weight excluding hydrogens is 158 g/mol. The van der Waals surface area contributed by atoms with Crippen molar-refractivity contribution in [3.05, 3.63) is 0 Å². The summed E-state index contributed by atoms with van der Waals surface area (Å²) >= 11 is 1.95. The van der Waals surface area contributed by atoms with Gasteiger partial charge in [-0.1, -0.05) is 13.8 Å². The SMILES string of the molecule is CC(C)C1CSCCN1C=O. The van der Waals surface area contributed by atoms with Gasteiger partial charge in [0.05, 0.1) is 0 Å². The topological polar surface area (TPSA) is 20.3 Å². The molecular formula is C8H15NOS. The van der Waals surface area contributed by atoms with Crippen molar-refractivity contribution >= 4 is 18.2 Å². The molecule has 64 valence electrons. The van der Waals surface area contributed by atoms with Crippen LogP contribution in [0, 0.1) is 5.92 Å². The van der Waals surface area contributed by atoms with E-state index in [9.17, 15) is 4.79 Å². The van der Waals surface area contributed by atoms with Gasteiger partial charge in [-0.15, -0.1) is 0 Å². The lowest BCUT2D eigenvalue weighted by Gasteiger charge is -2.34. The van der Waals surface area contributed by atoms with Crippen molar-refractivity contribution in [2.45, 2.75) is 19.9 Å². The van der Waals surface area contributed by atoms with Gasteiger partial charge in [0.15, 0.2) is 0 Å². The minimum absolute atomic E-state index is 0.464. The summed E-state index contributed by atoms with van der Waals surface area (Å²) in [5, 5.41) is 0. The second-order valence-corrected chi connectivity index (χ2v) is 4.38. The number of nitrogens with zero attached hydrogens (tertiary/aromatic N) is 1. The quantitative estimate of drug-likeness (QED) is 0.585. The lowest BCUT2D eigenvalue weighted by molar-refractivity contribution is -0.120. The van der Waals surface area contributed by atoms with Gasteiger partial charge >= 0.3 is 0 Å². The minimum atomic E-state index is 0.464. The molecule has 1 amide bonds. The van der Waals surface area contributed by atoms with Crippen LogP contribution in [0.15, 0.2) is 0 Å². The van der Waals surface area contributed by atoms with Crippen LogP contribution in [-0.4, -0.2) is 35.4 Å². The normalized spacial score (nSPS) is 25.7. The maximum absolute atomic E-state index is 10.6. The first-order valence-corrected chi connectivity index (χ1v) is 5.20. The summed E-state index contributed by atoms with van der Waals surface area (Å²) < 4.78 is 0. The predicted octanol–water partition coefficient (Wildman–Crippen LogP) is 1.22. The van der Waals surface area contributed by atoms with Gasteiger partial charge in [-0.25, -0.2) is 0 Å². The van der Waals surface area contributed by atoms with E-state index in [1.54, 1.807) is 0 Å². The average molecular weight is 173 g/mol. The first-order chi connectivity index (χ1) is 5.25. The van der Waals surface area contributed by atoms with Gasteiger partial charge in [0, 0.05) is 24.1 Å². The smallest absolute Gasteiger partial charge is 0.210 e. The van der Waals surface area contributed by atoms with Crippen LogP contribution in [-0.2, 0) is 4.79 Å². The molecule has 0 N–H and O–H groups in total. The minimum Gasteiger partial charge on any atom is -0.340 e. The fourth-order valence-corrected chi connectivity index (χ4v) is 2.67. The zero-order valence-electron chi connectivity index (χ0n) is 7.12. The summed E-state index contributed by atoms with van der Waals surface area (Å²) in [5.41, 5.74) is 0. The molecule has 1 saturated heterocycles. The molecule has 11 heavy (non-hydrogen) atoms. The van der Waals surface area contributed by atoms with Gasteiger partial charge in [0.2, 0.25) is 6.41 Å². The maximum Gasteiger partial charge on any atom is 0.210 e. The molecule has 1 aliphatic heterocycles. The molecule has 1 aliphatic rings. The molecule has 0 aromatic heterocycles. The highest BCUT2D eigenvalue weighted by Crippen LogP contribution is 2.20. The van der Waals surface area contributed by atoms with E-state index in [4.69, 9.17) is 0 Å². The summed E-state index contributed by atoms with van der Waals surface area (Å²) in [4.78, 5) is 12.5. The standard InChI is InChI=1S/C8H15NOS/c1-7(2)8-5-11-4-3-9(8)6-10/h6-8H,3-5H2,1-2H3. The third kappa shape index (κ3) is 2.12. The van der Waals surface area contributed by atoms with Gasteiger partial charge in [0.25, 0.3) is 0 Å². The number of rotatable bonds is 2. The number of carbonyl (C=O) groups is 1. The Bertz CT molecular complexity index is 138. The average Bonchev–Trinajstić information content (AvgIpc) is 2.04. The first kappa shape index (κ1) is 8.91. The van der Waals surface area contributed by atoms with Crippen molar-refractivity contribution < 1.29 is 4.79 Å². The van der Waals surface area contributed by atoms with E-state index in [1.807, 2.05) is 16.7 Å². The first-order valence-electron chi connectivity index (χ1n) is 4.04. The van der Waals surface area contributed by atoms with Crippen molar-refractivity contribution in [2.24, 2.45) is 5.92 Å². The summed E-state index contributed by atoms with van der Waals surface area (Å²) in [6, 6.07) is 0.464. The molecule has 1 fully saturated rings. The Kier molecular flexibility index (Phi) is 3.24. The number of hydrogen-bond donors (Lipinski definition) is 0. The second-order valence-electron chi connectivity index (χ2n) is 3.23. The predicted molar refractivity (Wildman–Crippen MR) is 48.7 cm³/mol. The molecule has 3 heteroatoms. The molecule has 1 unspecified atom stereocenters. The summed E-state index contributed by atoms with van der Waals surface area (Å²) in [6.45, 7) is 5.27. The fourth-order valence-electron chi connectivity index (χ4n) is 1.34. The summed E-state index contributed by atoms with van der Waals surface area (Å²) in [7, 11) is 0. The molecule has 0 aromatic rings. The van der Waals surface area contributed by atoms with E-state index >= 15 is 0 Å². The molecule has 2 nitrogen and oxygen atoms in total. The summed E-state index contributed by atoms with van der Waals surface area (Å²) in [6.07, 6.45) is 0.990. The second kappa shape index (κ2) is 4.00. The van der Waals surface area contributed by atoms with Crippen LogP contribution in [0.4, 0.5) is 0 Å². The molecule has 1 heterocycles. The Morgan fingerprint density at radius 2 is 2.36 bits per heavy atom. The highest BCUT2D eigenvalue weighted by Gasteiger charge is 2.23. The number of hydrogen-bond acceptors (Lipinski definition) is 2. The zero-order valence-corrected chi connectivity index (χ0v) is 7.93.